The van der Waals surface area contributed by atoms with Gasteiger partial charge in [-0.05, 0) is 37.3 Å². The Morgan fingerprint density at radius 1 is 1.27 bits per heavy atom. The van der Waals surface area contributed by atoms with Gasteiger partial charge in [0.25, 0.3) is 5.91 Å². The molecule has 7 heteroatoms. The molecule has 1 heterocycles. The summed E-state index contributed by atoms with van der Waals surface area (Å²) in [5, 5.41) is 4.14. The molecule has 0 bridgehead atoms. The number of hydrogen-bond acceptors (Lipinski definition) is 4. The fourth-order valence-electron chi connectivity index (χ4n) is 1.84. The number of nitrogens with zero attached hydrogens (tertiary/aromatic N) is 3. The van der Waals surface area contributed by atoms with Gasteiger partial charge in [0.1, 0.15) is 12.4 Å². The number of halogens is 1. The minimum atomic E-state index is -0.476. The smallest absolute Gasteiger partial charge is 0.325 e. The van der Waals surface area contributed by atoms with Gasteiger partial charge in [0.05, 0.1) is 12.3 Å². The highest BCUT2D eigenvalue weighted by atomic mass is 19.1. The van der Waals surface area contributed by atoms with Crippen molar-refractivity contribution in [3.63, 3.8) is 0 Å². The molecule has 1 amide bonds. The van der Waals surface area contributed by atoms with Gasteiger partial charge in [-0.1, -0.05) is 0 Å². The van der Waals surface area contributed by atoms with Gasteiger partial charge < -0.3 is 9.64 Å². The van der Waals surface area contributed by atoms with E-state index in [-0.39, 0.29) is 24.7 Å². The van der Waals surface area contributed by atoms with E-state index < -0.39 is 11.9 Å². The van der Waals surface area contributed by atoms with Gasteiger partial charge >= 0.3 is 5.97 Å². The first-order chi connectivity index (χ1) is 10.5. The highest BCUT2D eigenvalue weighted by molar-refractivity contribution is 5.94. The van der Waals surface area contributed by atoms with Crippen molar-refractivity contribution in [2.75, 3.05) is 20.2 Å². The number of aromatic nitrogens is 2. The van der Waals surface area contributed by atoms with E-state index in [9.17, 15) is 14.0 Å². The normalized spacial score (nSPS) is 10.3. The van der Waals surface area contributed by atoms with Crippen LogP contribution >= 0.6 is 0 Å². The van der Waals surface area contributed by atoms with Crippen LogP contribution in [-0.2, 0) is 9.53 Å². The molecule has 2 rings (SSSR count). The van der Waals surface area contributed by atoms with Crippen molar-refractivity contribution in [2.24, 2.45) is 0 Å². The van der Waals surface area contributed by atoms with Crippen LogP contribution in [0.15, 0.2) is 36.5 Å². The van der Waals surface area contributed by atoms with Gasteiger partial charge in [-0.3, -0.25) is 9.59 Å². The Morgan fingerprint density at radius 3 is 2.59 bits per heavy atom. The molecule has 0 atom stereocenters. The standard InChI is InChI=1S/C15H16FN3O3/c1-3-22-14(20)10-18(2)15(21)13-8-9-19(17-13)12-6-4-11(16)5-7-12/h4-9H,3,10H2,1-2H3. The van der Waals surface area contributed by atoms with E-state index in [2.05, 4.69) is 5.10 Å². The average Bonchev–Trinajstić information content (AvgIpc) is 2.97. The van der Waals surface area contributed by atoms with Crippen molar-refractivity contribution >= 4 is 11.9 Å². The number of rotatable bonds is 5. The summed E-state index contributed by atoms with van der Waals surface area (Å²) in [5.74, 6) is -1.22. The summed E-state index contributed by atoms with van der Waals surface area (Å²) in [6.45, 7) is 1.82. The maximum absolute atomic E-state index is 12.9. The second-order valence-electron chi connectivity index (χ2n) is 4.59. The number of hydrogen-bond donors (Lipinski definition) is 0. The van der Waals surface area contributed by atoms with Gasteiger partial charge in [-0.2, -0.15) is 5.10 Å². The van der Waals surface area contributed by atoms with Gasteiger partial charge in [0.2, 0.25) is 0 Å². The third-order valence-corrected chi connectivity index (χ3v) is 2.92. The van der Waals surface area contributed by atoms with Crippen molar-refractivity contribution in [1.82, 2.24) is 14.7 Å². The van der Waals surface area contributed by atoms with Crippen molar-refractivity contribution in [1.29, 1.82) is 0 Å². The second kappa shape index (κ2) is 6.84. The van der Waals surface area contributed by atoms with Crippen molar-refractivity contribution in [3.8, 4) is 5.69 Å². The zero-order chi connectivity index (χ0) is 16.1. The largest absolute Gasteiger partial charge is 0.465 e. The number of esters is 1. The Bertz CT molecular complexity index is 667. The number of ether oxygens (including phenoxy) is 1. The summed E-state index contributed by atoms with van der Waals surface area (Å²) in [5.41, 5.74) is 0.824. The zero-order valence-electron chi connectivity index (χ0n) is 12.3. The lowest BCUT2D eigenvalue weighted by atomic mass is 10.3. The van der Waals surface area contributed by atoms with Crippen LogP contribution in [-0.4, -0.2) is 46.8 Å². The Balaban J connectivity index is 2.08. The van der Waals surface area contributed by atoms with Crippen molar-refractivity contribution in [2.45, 2.75) is 6.92 Å². The second-order valence-corrected chi connectivity index (χ2v) is 4.59. The Morgan fingerprint density at radius 2 is 1.95 bits per heavy atom. The molecule has 0 spiro atoms. The van der Waals surface area contributed by atoms with E-state index in [1.165, 1.54) is 34.8 Å². The third-order valence-electron chi connectivity index (χ3n) is 2.92. The predicted molar refractivity (Wildman–Crippen MR) is 77.1 cm³/mol. The first kappa shape index (κ1) is 15.7. The van der Waals surface area contributed by atoms with E-state index in [1.807, 2.05) is 0 Å². The molecule has 0 radical (unpaired) electrons. The third kappa shape index (κ3) is 3.69. The zero-order valence-corrected chi connectivity index (χ0v) is 12.3. The van der Waals surface area contributed by atoms with E-state index in [0.717, 1.165) is 0 Å². The van der Waals surface area contributed by atoms with Crippen LogP contribution in [0, 0.1) is 5.82 Å². The number of amides is 1. The fraction of sp³-hybridized carbons (Fsp3) is 0.267. The van der Waals surface area contributed by atoms with Crippen LogP contribution in [0.25, 0.3) is 5.69 Å². The molecule has 0 saturated heterocycles. The summed E-state index contributed by atoms with van der Waals surface area (Å²) < 4.78 is 19.1. The molecule has 0 aliphatic rings. The number of benzene rings is 1. The Kier molecular flexibility index (Phi) is 4.88. The molecule has 0 aliphatic carbocycles. The summed E-state index contributed by atoms with van der Waals surface area (Å²) in [7, 11) is 1.50. The van der Waals surface area contributed by atoms with E-state index in [0.29, 0.717) is 5.69 Å². The molecule has 2 aromatic rings. The first-order valence-corrected chi connectivity index (χ1v) is 6.74. The van der Waals surface area contributed by atoms with E-state index in [4.69, 9.17) is 4.74 Å². The fourth-order valence-corrected chi connectivity index (χ4v) is 1.84. The van der Waals surface area contributed by atoms with Gasteiger partial charge in [-0.15, -0.1) is 0 Å². The molecule has 1 aromatic carbocycles. The van der Waals surface area contributed by atoms with Crippen LogP contribution in [0.5, 0.6) is 0 Å². The van der Waals surface area contributed by atoms with E-state index in [1.54, 1.807) is 25.3 Å². The van der Waals surface area contributed by atoms with Crippen LogP contribution < -0.4 is 0 Å². The molecule has 0 aliphatic heterocycles. The molecule has 0 fully saturated rings. The molecule has 6 nitrogen and oxygen atoms in total. The molecular formula is C15H16FN3O3. The van der Waals surface area contributed by atoms with Crippen LogP contribution in [0.1, 0.15) is 17.4 Å². The number of carbonyl (C=O) groups excluding carboxylic acids is 2. The summed E-state index contributed by atoms with van der Waals surface area (Å²) in [6.07, 6.45) is 1.60. The average molecular weight is 305 g/mol. The summed E-state index contributed by atoms with van der Waals surface area (Å²) >= 11 is 0. The Hall–Kier alpha value is -2.70. The van der Waals surface area contributed by atoms with Gasteiger partial charge in [-0.25, -0.2) is 9.07 Å². The number of likely N-dealkylation sites (N-methyl/N-ethyl adjacent to an activating group) is 1. The molecule has 0 unspecified atom stereocenters. The highest BCUT2D eigenvalue weighted by Gasteiger charge is 2.18. The minimum Gasteiger partial charge on any atom is -0.465 e. The van der Waals surface area contributed by atoms with Crippen LogP contribution in [0.2, 0.25) is 0 Å². The molecule has 0 saturated carbocycles. The Labute approximate surface area is 127 Å². The minimum absolute atomic E-state index is 0.143. The van der Waals surface area contributed by atoms with Crippen molar-refractivity contribution < 1.29 is 18.7 Å². The molecule has 116 valence electrons. The molecule has 0 N–H and O–H groups in total. The van der Waals surface area contributed by atoms with Crippen molar-refractivity contribution in [3.05, 3.63) is 48.0 Å². The molecular weight excluding hydrogens is 289 g/mol. The lowest BCUT2D eigenvalue weighted by molar-refractivity contribution is -0.143. The lowest BCUT2D eigenvalue weighted by Gasteiger charge is -2.14. The predicted octanol–water partition coefficient (Wildman–Crippen LogP) is 1.65. The van der Waals surface area contributed by atoms with Crippen LogP contribution in [0.4, 0.5) is 4.39 Å². The monoisotopic (exact) mass is 305 g/mol. The maximum Gasteiger partial charge on any atom is 0.325 e. The topological polar surface area (TPSA) is 64.4 Å². The van der Waals surface area contributed by atoms with E-state index >= 15 is 0 Å². The maximum atomic E-state index is 12.9. The summed E-state index contributed by atoms with van der Waals surface area (Å²) in [4.78, 5) is 24.8. The molecule has 22 heavy (non-hydrogen) atoms. The molecule has 1 aromatic heterocycles. The lowest BCUT2D eigenvalue weighted by Crippen LogP contribution is -2.33. The van der Waals surface area contributed by atoms with Gasteiger partial charge in [0.15, 0.2) is 5.69 Å². The SMILES string of the molecule is CCOC(=O)CN(C)C(=O)c1ccn(-c2ccc(F)cc2)n1. The highest BCUT2D eigenvalue weighted by Crippen LogP contribution is 2.10. The quantitative estimate of drug-likeness (QED) is 0.788. The number of carbonyl (C=O) groups is 2. The summed E-state index contributed by atoms with van der Waals surface area (Å²) in [6, 6.07) is 7.27. The first-order valence-electron chi connectivity index (χ1n) is 6.74. The van der Waals surface area contributed by atoms with Crippen LogP contribution in [0.3, 0.4) is 0 Å². The van der Waals surface area contributed by atoms with Gasteiger partial charge in [0, 0.05) is 13.2 Å².